The largest absolute Gasteiger partial charge is 0.534 e. The number of benzene rings is 1. The van der Waals surface area contributed by atoms with E-state index in [0.29, 0.717) is 28.6 Å². The first-order chi connectivity index (χ1) is 13.5. The molecule has 29 heavy (non-hydrogen) atoms. The normalized spacial score (nSPS) is 38.1. The number of halogens is 3. The fourth-order valence-electron chi connectivity index (χ4n) is 7.88. The van der Waals surface area contributed by atoms with E-state index in [0.717, 1.165) is 30.7 Å². The van der Waals surface area contributed by atoms with Gasteiger partial charge in [-0.25, -0.2) is 0 Å². The Bertz CT molecular complexity index is 955. The lowest BCUT2D eigenvalue weighted by atomic mass is 9.47. The molecule has 1 aromatic carbocycles. The lowest BCUT2D eigenvalue weighted by Gasteiger charge is -2.57. The van der Waals surface area contributed by atoms with Crippen LogP contribution in [0.5, 0.6) is 5.75 Å². The van der Waals surface area contributed by atoms with Crippen LogP contribution in [0.4, 0.5) is 13.2 Å². The second-order valence-corrected chi connectivity index (χ2v) is 11.5. The SMILES string of the molecule is CC(C)C12CCC3CC31CCC1c3ccc(OS(=O)(=O)C(F)(F)F)cc3CCC12. The molecule has 5 atom stereocenters. The molecule has 0 radical (unpaired) electrons. The van der Waals surface area contributed by atoms with Crippen LogP contribution in [0.1, 0.15) is 69.4 Å². The summed E-state index contributed by atoms with van der Waals surface area (Å²) in [5.41, 5.74) is -2.37. The van der Waals surface area contributed by atoms with Crippen molar-refractivity contribution in [2.75, 3.05) is 0 Å². The van der Waals surface area contributed by atoms with Crippen LogP contribution in [0.15, 0.2) is 18.2 Å². The van der Waals surface area contributed by atoms with E-state index in [1.54, 1.807) is 0 Å². The molecule has 0 aliphatic heterocycles. The second kappa shape index (κ2) is 5.92. The van der Waals surface area contributed by atoms with E-state index >= 15 is 0 Å². The standard InChI is InChI=1S/C22H27F3O3S/c1-13(2)21-10-7-15-12-20(15,21)9-8-18-17-5-4-16(11-14(17)3-6-19(18)21)28-29(26,27)22(23,24)25/h4-5,11,13,15,18-19H,3,6-10,12H2,1-2H3. The van der Waals surface area contributed by atoms with Gasteiger partial charge in [-0.05, 0) is 103 Å². The van der Waals surface area contributed by atoms with E-state index in [-0.39, 0.29) is 5.75 Å². The van der Waals surface area contributed by atoms with Gasteiger partial charge in [0.2, 0.25) is 0 Å². The molecule has 0 N–H and O–H groups in total. The highest BCUT2D eigenvalue weighted by atomic mass is 32.2. The van der Waals surface area contributed by atoms with Gasteiger partial charge in [-0.15, -0.1) is 0 Å². The van der Waals surface area contributed by atoms with E-state index in [1.165, 1.54) is 43.4 Å². The van der Waals surface area contributed by atoms with Crippen molar-refractivity contribution in [3.8, 4) is 5.75 Å². The number of aryl methyl sites for hydroxylation is 1. The predicted octanol–water partition coefficient (Wildman–Crippen LogP) is 5.80. The molecule has 0 bridgehead atoms. The number of fused-ring (bicyclic) bond motifs is 4. The van der Waals surface area contributed by atoms with Gasteiger partial charge >= 0.3 is 15.6 Å². The molecule has 1 aromatic rings. The third kappa shape index (κ3) is 2.52. The maximum Gasteiger partial charge on any atom is 0.534 e. The monoisotopic (exact) mass is 428 g/mol. The van der Waals surface area contributed by atoms with Crippen LogP contribution in [-0.2, 0) is 16.5 Å². The van der Waals surface area contributed by atoms with Gasteiger partial charge in [0, 0.05) is 0 Å². The molecule has 3 saturated carbocycles. The van der Waals surface area contributed by atoms with Gasteiger partial charge in [0.25, 0.3) is 0 Å². The quantitative estimate of drug-likeness (QED) is 0.452. The van der Waals surface area contributed by atoms with Crippen molar-refractivity contribution < 1.29 is 25.8 Å². The Morgan fingerprint density at radius 1 is 1.14 bits per heavy atom. The maximum absolute atomic E-state index is 12.6. The molecule has 0 amide bonds. The summed E-state index contributed by atoms with van der Waals surface area (Å²) in [6.45, 7) is 4.75. The molecule has 1 spiro atoms. The van der Waals surface area contributed by atoms with Crippen molar-refractivity contribution in [3.63, 3.8) is 0 Å². The molecule has 3 fully saturated rings. The average Bonchev–Trinajstić information content (AvgIpc) is 3.23. The van der Waals surface area contributed by atoms with Crippen LogP contribution in [0, 0.1) is 28.6 Å². The summed E-state index contributed by atoms with van der Waals surface area (Å²) < 4.78 is 65.0. The predicted molar refractivity (Wildman–Crippen MR) is 103 cm³/mol. The molecule has 0 aromatic heterocycles. The molecule has 5 unspecified atom stereocenters. The van der Waals surface area contributed by atoms with Crippen molar-refractivity contribution in [1.82, 2.24) is 0 Å². The minimum Gasteiger partial charge on any atom is -0.376 e. The Labute approximate surface area is 170 Å². The van der Waals surface area contributed by atoms with E-state index in [4.69, 9.17) is 0 Å². The lowest BCUT2D eigenvalue weighted by molar-refractivity contribution is -0.0506. The highest BCUT2D eigenvalue weighted by Crippen LogP contribution is 2.82. The first-order valence-electron chi connectivity index (χ1n) is 10.7. The van der Waals surface area contributed by atoms with Crippen LogP contribution in [-0.4, -0.2) is 13.9 Å². The van der Waals surface area contributed by atoms with Crippen molar-refractivity contribution in [3.05, 3.63) is 29.3 Å². The first kappa shape index (κ1) is 19.7. The van der Waals surface area contributed by atoms with Gasteiger partial charge in [-0.2, -0.15) is 21.6 Å². The summed E-state index contributed by atoms with van der Waals surface area (Å²) in [5.74, 6) is 2.31. The van der Waals surface area contributed by atoms with Gasteiger partial charge in [0.15, 0.2) is 0 Å². The van der Waals surface area contributed by atoms with Crippen LogP contribution in [0.25, 0.3) is 0 Å². The summed E-state index contributed by atoms with van der Waals surface area (Å²) in [5, 5.41) is 0. The molecule has 0 heterocycles. The van der Waals surface area contributed by atoms with Crippen LogP contribution >= 0.6 is 0 Å². The number of hydrogen-bond acceptors (Lipinski definition) is 3. The zero-order chi connectivity index (χ0) is 20.8. The zero-order valence-corrected chi connectivity index (χ0v) is 17.6. The maximum atomic E-state index is 12.6. The first-order valence-corrected chi connectivity index (χ1v) is 12.1. The molecule has 0 saturated heterocycles. The highest BCUT2D eigenvalue weighted by Gasteiger charge is 2.74. The molecule has 4 aliphatic rings. The molecular weight excluding hydrogens is 401 g/mol. The number of alkyl halides is 3. The van der Waals surface area contributed by atoms with E-state index in [9.17, 15) is 21.6 Å². The highest BCUT2D eigenvalue weighted by molar-refractivity contribution is 7.88. The third-order valence-electron chi connectivity index (χ3n) is 8.87. The van der Waals surface area contributed by atoms with Crippen LogP contribution in [0.2, 0.25) is 0 Å². The van der Waals surface area contributed by atoms with Crippen LogP contribution < -0.4 is 4.18 Å². The van der Waals surface area contributed by atoms with Crippen molar-refractivity contribution in [2.24, 2.45) is 28.6 Å². The Balaban J connectivity index is 1.47. The topological polar surface area (TPSA) is 43.4 Å². The van der Waals surface area contributed by atoms with Crippen molar-refractivity contribution in [2.45, 2.75) is 70.2 Å². The minimum atomic E-state index is -5.64. The fraction of sp³-hybridized carbons (Fsp3) is 0.727. The number of hydrogen-bond donors (Lipinski definition) is 0. The van der Waals surface area contributed by atoms with Gasteiger partial charge in [0.05, 0.1) is 0 Å². The van der Waals surface area contributed by atoms with Crippen LogP contribution in [0.3, 0.4) is 0 Å². The number of rotatable bonds is 3. The second-order valence-electron chi connectivity index (χ2n) is 9.93. The summed E-state index contributed by atoms with van der Waals surface area (Å²) in [7, 11) is -5.64. The Morgan fingerprint density at radius 3 is 2.55 bits per heavy atom. The fourth-order valence-corrected chi connectivity index (χ4v) is 8.33. The zero-order valence-electron chi connectivity index (χ0n) is 16.8. The average molecular weight is 429 g/mol. The third-order valence-corrected chi connectivity index (χ3v) is 9.85. The Morgan fingerprint density at radius 2 is 1.90 bits per heavy atom. The van der Waals surface area contributed by atoms with Crippen molar-refractivity contribution in [1.29, 1.82) is 0 Å². The Hall–Kier alpha value is -1.24. The van der Waals surface area contributed by atoms with Gasteiger partial charge in [0.1, 0.15) is 5.75 Å². The minimum absolute atomic E-state index is 0.242. The molecule has 7 heteroatoms. The summed E-state index contributed by atoms with van der Waals surface area (Å²) in [4.78, 5) is 0. The van der Waals surface area contributed by atoms with E-state index in [2.05, 4.69) is 18.0 Å². The molecule has 160 valence electrons. The summed E-state index contributed by atoms with van der Waals surface area (Å²) in [6.07, 6.45) is 8.20. The van der Waals surface area contributed by atoms with Gasteiger partial charge in [-0.3, -0.25) is 0 Å². The summed E-state index contributed by atoms with van der Waals surface area (Å²) >= 11 is 0. The lowest BCUT2D eigenvalue weighted by Crippen LogP contribution is -2.49. The van der Waals surface area contributed by atoms with Gasteiger partial charge in [-0.1, -0.05) is 19.9 Å². The van der Waals surface area contributed by atoms with Gasteiger partial charge < -0.3 is 4.18 Å². The summed E-state index contributed by atoms with van der Waals surface area (Å²) in [6, 6.07) is 4.72. The van der Waals surface area contributed by atoms with E-state index < -0.39 is 15.6 Å². The Kier molecular flexibility index (Phi) is 4.02. The molecule has 3 nitrogen and oxygen atoms in total. The smallest absolute Gasteiger partial charge is 0.376 e. The van der Waals surface area contributed by atoms with Crippen molar-refractivity contribution >= 4 is 10.1 Å². The molecule has 4 aliphatic carbocycles. The van der Waals surface area contributed by atoms with E-state index in [1.807, 2.05) is 6.07 Å². The molecule has 5 rings (SSSR count). The molecular formula is C22H27F3O3S.